The van der Waals surface area contributed by atoms with E-state index in [4.69, 9.17) is 17.3 Å². The van der Waals surface area contributed by atoms with Crippen LogP contribution in [0.4, 0.5) is 11.4 Å². The maximum absolute atomic E-state index is 5.91. The van der Waals surface area contributed by atoms with E-state index in [1.165, 1.54) is 19.3 Å². The predicted octanol–water partition coefficient (Wildman–Crippen LogP) is 3.13. The first-order chi connectivity index (χ1) is 6.77. The predicted molar refractivity (Wildman–Crippen MR) is 61.7 cm³/mol. The molecule has 2 nitrogen and oxygen atoms in total. The van der Waals surface area contributed by atoms with Crippen molar-refractivity contribution in [3.63, 3.8) is 0 Å². The second-order valence-electron chi connectivity index (χ2n) is 3.88. The fourth-order valence-electron chi connectivity index (χ4n) is 1.64. The van der Waals surface area contributed by atoms with Crippen LogP contribution < -0.4 is 11.1 Å². The summed E-state index contributed by atoms with van der Waals surface area (Å²) in [5.74, 6) is 0.827. The number of hydrogen-bond acceptors (Lipinski definition) is 2. The minimum atomic E-state index is 0.628. The van der Waals surface area contributed by atoms with Gasteiger partial charge in [-0.05, 0) is 30.9 Å². The van der Waals surface area contributed by atoms with Crippen molar-refractivity contribution in [2.45, 2.75) is 19.3 Å². The molecule has 1 aliphatic rings. The lowest BCUT2D eigenvalue weighted by atomic mass is 9.85. The van der Waals surface area contributed by atoms with E-state index in [1.807, 2.05) is 18.2 Å². The first kappa shape index (κ1) is 9.66. The lowest BCUT2D eigenvalue weighted by Crippen LogP contribution is -2.21. The standard InChI is InChI=1S/C11H15ClN2/c12-9-5-2-6-10(11(9)13)14-7-8-3-1-4-8/h2,5-6,8,14H,1,3-4,7,13H2. The highest BCUT2D eigenvalue weighted by atomic mass is 35.5. The molecule has 2 rings (SSSR count). The van der Waals surface area contributed by atoms with Gasteiger partial charge < -0.3 is 11.1 Å². The number of nitrogens with one attached hydrogen (secondary N) is 1. The summed E-state index contributed by atoms with van der Waals surface area (Å²) in [5, 5.41) is 3.97. The Morgan fingerprint density at radius 1 is 1.43 bits per heavy atom. The summed E-state index contributed by atoms with van der Waals surface area (Å²) in [6.45, 7) is 1.02. The molecule has 1 aromatic carbocycles. The van der Waals surface area contributed by atoms with Crippen LogP contribution >= 0.6 is 11.6 Å². The Balaban J connectivity index is 1.97. The van der Waals surface area contributed by atoms with Crippen LogP contribution in [0.25, 0.3) is 0 Å². The van der Waals surface area contributed by atoms with Crippen molar-refractivity contribution >= 4 is 23.0 Å². The van der Waals surface area contributed by atoms with Crippen molar-refractivity contribution in [3.05, 3.63) is 23.2 Å². The third-order valence-corrected chi connectivity index (χ3v) is 3.19. The summed E-state index contributed by atoms with van der Waals surface area (Å²) in [6.07, 6.45) is 4.05. The van der Waals surface area contributed by atoms with Gasteiger partial charge in [-0.3, -0.25) is 0 Å². The number of nitrogen functional groups attached to an aromatic ring is 1. The van der Waals surface area contributed by atoms with E-state index in [2.05, 4.69) is 5.32 Å². The zero-order chi connectivity index (χ0) is 9.97. The van der Waals surface area contributed by atoms with Gasteiger partial charge in [0.05, 0.1) is 16.4 Å². The van der Waals surface area contributed by atoms with E-state index in [0.717, 1.165) is 18.2 Å². The summed E-state index contributed by atoms with van der Waals surface area (Å²) in [6, 6.07) is 5.70. The molecule has 0 saturated heterocycles. The van der Waals surface area contributed by atoms with Crippen molar-refractivity contribution in [1.29, 1.82) is 0 Å². The summed E-state index contributed by atoms with van der Waals surface area (Å²) < 4.78 is 0. The molecule has 0 unspecified atom stereocenters. The van der Waals surface area contributed by atoms with Gasteiger partial charge >= 0.3 is 0 Å². The van der Waals surface area contributed by atoms with Crippen LogP contribution in [-0.2, 0) is 0 Å². The average Bonchev–Trinajstić information content (AvgIpc) is 2.09. The Labute approximate surface area is 89.4 Å². The Kier molecular flexibility index (Phi) is 2.82. The van der Waals surface area contributed by atoms with Gasteiger partial charge in [-0.1, -0.05) is 24.1 Å². The minimum absolute atomic E-state index is 0.628. The SMILES string of the molecule is Nc1c(Cl)cccc1NCC1CCC1. The van der Waals surface area contributed by atoms with Gasteiger partial charge in [0.2, 0.25) is 0 Å². The highest BCUT2D eigenvalue weighted by molar-refractivity contribution is 6.33. The maximum atomic E-state index is 5.91. The van der Waals surface area contributed by atoms with Crippen LogP contribution in [-0.4, -0.2) is 6.54 Å². The third-order valence-electron chi connectivity index (χ3n) is 2.86. The lowest BCUT2D eigenvalue weighted by Gasteiger charge is -2.26. The first-order valence-corrected chi connectivity index (χ1v) is 5.43. The molecule has 14 heavy (non-hydrogen) atoms. The highest BCUT2D eigenvalue weighted by Crippen LogP contribution is 2.30. The number of para-hydroxylation sites is 1. The van der Waals surface area contributed by atoms with Crippen LogP contribution in [0.1, 0.15) is 19.3 Å². The van der Waals surface area contributed by atoms with Crippen LogP contribution in [0.2, 0.25) is 5.02 Å². The zero-order valence-electron chi connectivity index (χ0n) is 8.09. The molecule has 1 fully saturated rings. The van der Waals surface area contributed by atoms with Crippen molar-refractivity contribution in [3.8, 4) is 0 Å². The van der Waals surface area contributed by atoms with Gasteiger partial charge in [-0.2, -0.15) is 0 Å². The number of nitrogens with two attached hydrogens (primary N) is 1. The molecular weight excluding hydrogens is 196 g/mol. The molecule has 76 valence electrons. The molecule has 0 atom stereocenters. The molecule has 0 amide bonds. The van der Waals surface area contributed by atoms with E-state index in [-0.39, 0.29) is 0 Å². The van der Waals surface area contributed by atoms with Gasteiger partial charge in [0.25, 0.3) is 0 Å². The molecular formula is C11H15ClN2. The summed E-state index contributed by atoms with van der Waals surface area (Å²) in [7, 11) is 0. The van der Waals surface area contributed by atoms with E-state index < -0.39 is 0 Å². The van der Waals surface area contributed by atoms with E-state index in [9.17, 15) is 0 Å². The topological polar surface area (TPSA) is 38.0 Å². The minimum Gasteiger partial charge on any atom is -0.396 e. The van der Waals surface area contributed by atoms with Crippen LogP contribution in [0.3, 0.4) is 0 Å². The smallest absolute Gasteiger partial charge is 0.0739 e. The second-order valence-corrected chi connectivity index (χ2v) is 4.29. The quantitative estimate of drug-likeness (QED) is 0.753. The van der Waals surface area contributed by atoms with Gasteiger partial charge in [-0.25, -0.2) is 0 Å². The Hall–Kier alpha value is -0.890. The fourth-order valence-corrected chi connectivity index (χ4v) is 1.82. The van der Waals surface area contributed by atoms with Crippen molar-refractivity contribution in [2.75, 3.05) is 17.6 Å². The Bertz CT molecular complexity index is 321. The molecule has 0 bridgehead atoms. The first-order valence-electron chi connectivity index (χ1n) is 5.05. The average molecular weight is 211 g/mol. The molecule has 3 N–H and O–H groups in total. The summed E-state index contributed by atoms with van der Waals surface area (Å²) in [4.78, 5) is 0. The highest BCUT2D eigenvalue weighted by Gasteiger charge is 2.17. The van der Waals surface area contributed by atoms with Crippen molar-refractivity contribution in [2.24, 2.45) is 5.92 Å². The molecule has 0 heterocycles. The van der Waals surface area contributed by atoms with Crippen LogP contribution in [0, 0.1) is 5.92 Å². The largest absolute Gasteiger partial charge is 0.396 e. The van der Waals surface area contributed by atoms with Gasteiger partial charge in [0.15, 0.2) is 0 Å². The monoisotopic (exact) mass is 210 g/mol. The van der Waals surface area contributed by atoms with E-state index in [1.54, 1.807) is 0 Å². The maximum Gasteiger partial charge on any atom is 0.0739 e. The van der Waals surface area contributed by atoms with Crippen molar-refractivity contribution in [1.82, 2.24) is 0 Å². The van der Waals surface area contributed by atoms with Gasteiger partial charge in [-0.15, -0.1) is 0 Å². The number of halogens is 1. The number of benzene rings is 1. The molecule has 3 heteroatoms. The zero-order valence-corrected chi connectivity index (χ0v) is 8.85. The molecule has 0 spiro atoms. The number of anilines is 2. The lowest BCUT2D eigenvalue weighted by molar-refractivity contribution is 0.333. The van der Waals surface area contributed by atoms with Crippen LogP contribution in [0.15, 0.2) is 18.2 Å². The molecule has 1 aliphatic carbocycles. The Morgan fingerprint density at radius 3 is 2.86 bits per heavy atom. The van der Waals surface area contributed by atoms with Gasteiger partial charge in [0.1, 0.15) is 0 Å². The Morgan fingerprint density at radius 2 is 2.21 bits per heavy atom. The molecule has 1 saturated carbocycles. The normalized spacial score (nSPS) is 16.4. The van der Waals surface area contributed by atoms with Crippen LogP contribution in [0.5, 0.6) is 0 Å². The number of hydrogen-bond donors (Lipinski definition) is 2. The van der Waals surface area contributed by atoms with E-state index in [0.29, 0.717) is 10.7 Å². The fraction of sp³-hybridized carbons (Fsp3) is 0.455. The summed E-state index contributed by atoms with van der Waals surface area (Å²) >= 11 is 5.91. The summed E-state index contributed by atoms with van der Waals surface area (Å²) in [5.41, 5.74) is 7.46. The molecule has 1 aromatic rings. The molecule has 0 radical (unpaired) electrons. The molecule has 0 aliphatic heterocycles. The molecule has 0 aromatic heterocycles. The van der Waals surface area contributed by atoms with Crippen molar-refractivity contribution < 1.29 is 0 Å². The van der Waals surface area contributed by atoms with Gasteiger partial charge in [0, 0.05) is 6.54 Å². The third kappa shape index (κ3) is 1.95. The second kappa shape index (κ2) is 4.09. The number of rotatable bonds is 3. The van der Waals surface area contributed by atoms with E-state index >= 15 is 0 Å².